The summed E-state index contributed by atoms with van der Waals surface area (Å²) in [7, 11) is 2.14. The monoisotopic (exact) mass is 1070 g/mol. The number of amides is 7. The maximum atomic E-state index is 14.8. The van der Waals surface area contributed by atoms with Gasteiger partial charge in [0.2, 0.25) is 41.4 Å². The Morgan fingerprint density at radius 3 is 2.23 bits per heavy atom. The molecule has 0 spiro atoms. The number of aromatic amines is 1. The maximum Gasteiger partial charge on any atom is 0.326 e. The fourth-order valence-corrected chi connectivity index (χ4v) is 10.9. The fraction of sp³-hybridized carbons (Fsp3) is 0.468. The normalized spacial score (nSPS) is 20.4. The first-order valence-corrected chi connectivity index (χ1v) is 25.9. The molecule has 0 radical (unpaired) electrons. The Morgan fingerprint density at radius 2 is 1.58 bits per heavy atom. The molecule has 1 aromatic heterocycles. The van der Waals surface area contributed by atoms with Crippen LogP contribution in [0.15, 0.2) is 72.1 Å². The van der Waals surface area contributed by atoms with Crippen LogP contribution in [-0.2, 0) is 62.4 Å². The van der Waals surface area contributed by atoms with Gasteiger partial charge in [-0.15, -0.1) is 0 Å². The van der Waals surface area contributed by atoms with Gasteiger partial charge in [-0.1, -0.05) is 64.1 Å². The molecule has 400 valence electrons. The van der Waals surface area contributed by atoms with Crippen LogP contribution in [0.4, 0.5) is 0 Å². The summed E-state index contributed by atoms with van der Waals surface area (Å²) in [5.41, 5.74) is 18.3. The summed E-state index contributed by atoms with van der Waals surface area (Å²) < 4.78 is -1.25. The van der Waals surface area contributed by atoms with Gasteiger partial charge in [0, 0.05) is 54.7 Å². The number of aliphatic imine (C=N–C) groups is 1. The molecule has 16 N–H and O–H groups in total. The second kappa shape index (κ2) is 27.1. The van der Waals surface area contributed by atoms with Gasteiger partial charge in [0.1, 0.15) is 48.0 Å². The number of carbonyl (C=O) groups excluding carboxylic acids is 7. The van der Waals surface area contributed by atoms with Crippen LogP contribution in [0.25, 0.3) is 0 Å². The number of phenols is 1. The molecule has 0 saturated carbocycles. The predicted octanol–water partition coefficient (Wildman–Crippen LogP) is -1.84. The highest BCUT2D eigenvalue weighted by atomic mass is 33.1. The van der Waals surface area contributed by atoms with E-state index in [0.29, 0.717) is 23.2 Å². The van der Waals surface area contributed by atoms with Gasteiger partial charge in [0.05, 0.1) is 18.8 Å². The number of nitrogens with zero attached hydrogens (tertiary/aromatic N) is 3. The van der Waals surface area contributed by atoms with E-state index in [1.54, 1.807) is 44.2 Å². The van der Waals surface area contributed by atoms with Crippen molar-refractivity contribution in [3.05, 3.63) is 83.9 Å². The van der Waals surface area contributed by atoms with E-state index in [4.69, 9.17) is 17.2 Å². The smallest absolute Gasteiger partial charge is 0.326 e. The average molecular weight is 1070 g/mol. The van der Waals surface area contributed by atoms with Crippen LogP contribution in [0.2, 0.25) is 0 Å². The van der Waals surface area contributed by atoms with Crippen molar-refractivity contribution < 1.29 is 58.5 Å². The Bertz CT molecular complexity index is 2500. The molecule has 7 amide bonds. The van der Waals surface area contributed by atoms with Gasteiger partial charge in [-0.3, -0.25) is 43.3 Å². The number of nitrogens with two attached hydrogens (primary N) is 3. The number of carbonyl (C=O) groups is 9. The minimum absolute atomic E-state index is 0.00882. The Morgan fingerprint density at radius 1 is 0.878 bits per heavy atom. The van der Waals surface area contributed by atoms with E-state index in [1.807, 2.05) is 0 Å². The number of hydrogen-bond donors (Lipinski definition) is 13. The highest BCUT2D eigenvalue weighted by molar-refractivity contribution is 8.77. The van der Waals surface area contributed by atoms with Gasteiger partial charge in [-0.25, -0.2) is 9.78 Å². The number of hydrogen-bond acceptors (Lipinski definition) is 15. The Labute approximate surface area is 433 Å². The van der Waals surface area contributed by atoms with Crippen molar-refractivity contribution in [1.29, 1.82) is 0 Å². The molecule has 2 aromatic carbocycles. The first kappa shape index (κ1) is 57.5. The lowest BCUT2D eigenvalue weighted by Crippen LogP contribution is -2.63. The number of aliphatic carboxylic acids is 2. The van der Waals surface area contributed by atoms with Gasteiger partial charge in [0.25, 0.3) is 0 Å². The Hall–Kier alpha value is -7.39. The summed E-state index contributed by atoms with van der Waals surface area (Å²) in [5.74, 6) is -8.72. The number of nitrogens with one attached hydrogen (secondary N) is 7. The van der Waals surface area contributed by atoms with Crippen LogP contribution in [0.1, 0.15) is 62.8 Å². The number of aromatic nitrogens is 2. The highest BCUT2D eigenvalue weighted by Crippen LogP contribution is 2.39. The van der Waals surface area contributed by atoms with E-state index in [1.165, 1.54) is 41.7 Å². The van der Waals surface area contributed by atoms with E-state index in [2.05, 4.69) is 46.9 Å². The number of aromatic hydroxyl groups is 1. The lowest BCUT2D eigenvalue weighted by Gasteiger charge is -2.35. The van der Waals surface area contributed by atoms with Crippen LogP contribution in [0, 0.1) is 0 Å². The second-order valence-electron chi connectivity index (χ2n) is 18.2. The highest BCUT2D eigenvalue weighted by Gasteiger charge is 2.44. The third-order valence-electron chi connectivity index (χ3n) is 12.0. The number of guanidine groups is 1. The third-order valence-corrected chi connectivity index (χ3v) is 15.3. The molecule has 0 unspecified atom stereocenters. The molecule has 8 atom stereocenters. The van der Waals surface area contributed by atoms with Gasteiger partial charge in [0.15, 0.2) is 5.96 Å². The zero-order valence-electron chi connectivity index (χ0n) is 40.7. The molecule has 2 aliphatic heterocycles. The quantitative estimate of drug-likeness (QED) is 0.0227. The molecule has 27 heteroatoms. The molecular formula is C47H63N13O12S2. The minimum Gasteiger partial charge on any atom is -0.508 e. The first-order valence-electron chi connectivity index (χ1n) is 23.6. The molecule has 2 aliphatic rings. The van der Waals surface area contributed by atoms with E-state index in [9.17, 15) is 58.5 Å². The van der Waals surface area contributed by atoms with E-state index < -0.39 is 113 Å². The molecule has 74 heavy (non-hydrogen) atoms. The number of H-pyrrole nitrogens is 1. The zero-order valence-corrected chi connectivity index (χ0v) is 42.3. The van der Waals surface area contributed by atoms with Crippen molar-refractivity contribution in [3.63, 3.8) is 0 Å². The lowest BCUT2D eigenvalue weighted by atomic mass is 9.99. The molecule has 2 saturated heterocycles. The van der Waals surface area contributed by atoms with Crippen LogP contribution >= 0.6 is 21.6 Å². The molecule has 3 aromatic rings. The van der Waals surface area contributed by atoms with Crippen LogP contribution < -0.4 is 49.1 Å². The first-order chi connectivity index (χ1) is 35.1. The number of carboxylic acid groups (broad SMARTS) is 2. The molecule has 0 bridgehead atoms. The van der Waals surface area contributed by atoms with E-state index in [0.717, 1.165) is 21.6 Å². The van der Waals surface area contributed by atoms with Gasteiger partial charge < -0.3 is 74.3 Å². The van der Waals surface area contributed by atoms with Crippen LogP contribution in [-0.4, -0.2) is 161 Å². The van der Waals surface area contributed by atoms with Gasteiger partial charge in [-0.05, 0) is 62.8 Å². The third kappa shape index (κ3) is 17.1. The fourth-order valence-electron chi connectivity index (χ4n) is 8.13. The number of carboxylic acids is 2. The lowest BCUT2D eigenvalue weighted by molar-refractivity contribution is -0.145. The van der Waals surface area contributed by atoms with Crippen molar-refractivity contribution in [2.24, 2.45) is 22.2 Å². The summed E-state index contributed by atoms with van der Waals surface area (Å²) >= 11 is 0. The maximum absolute atomic E-state index is 14.8. The van der Waals surface area contributed by atoms with Crippen LogP contribution in [0.5, 0.6) is 5.75 Å². The molecule has 2 fully saturated rings. The van der Waals surface area contributed by atoms with Gasteiger partial charge in [-0.2, -0.15) is 0 Å². The van der Waals surface area contributed by atoms with Gasteiger partial charge >= 0.3 is 11.9 Å². The van der Waals surface area contributed by atoms with Crippen molar-refractivity contribution in [3.8, 4) is 5.75 Å². The number of likely N-dealkylation sites (tertiary alicyclic amines) is 1. The molecule has 3 heterocycles. The Kier molecular flexibility index (Phi) is 21.0. The van der Waals surface area contributed by atoms with Crippen molar-refractivity contribution in [1.82, 2.24) is 46.8 Å². The van der Waals surface area contributed by atoms with Crippen LogP contribution in [0.3, 0.4) is 0 Å². The zero-order chi connectivity index (χ0) is 54.1. The number of rotatable bonds is 22. The van der Waals surface area contributed by atoms with Crippen molar-refractivity contribution >= 4 is 80.8 Å². The summed E-state index contributed by atoms with van der Waals surface area (Å²) in [6, 6.07) is 3.68. The van der Waals surface area contributed by atoms with E-state index in [-0.39, 0.29) is 69.1 Å². The van der Waals surface area contributed by atoms with Crippen molar-refractivity contribution in [2.75, 3.05) is 18.8 Å². The molecule has 5 rings (SSSR count). The SMILES string of the molecule is CC1(C)SSC[C@H](NC(=O)[C@H](CCCN=C(N)N)NC(=O)[C@@H](N)CC(=O)O)C(=O)N[C@@H](Cc2ccc(O)cc2)C(=O)N[C@@H]1C(=O)N[C@@H](Cc1cnc[nH]1)C(=O)N1CCC[C@H]1C(=O)N[C@@H](Cc1ccccc1)C(=O)O. The second-order valence-corrected chi connectivity index (χ2v) is 21.2. The summed E-state index contributed by atoms with van der Waals surface area (Å²) in [4.78, 5) is 135. The minimum atomic E-state index is -1.52. The number of phenolic OH excluding ortho intramolecular Hbond substituents is 1. The summed E-state index contributed by atoms with van der Waals surface area (Å²) in [6.07, 6.45) is 2.47. The molecule has 0 aliphatic carbocycles. The standard InChI is InChI=1S/C47H63N13O12S2/c1-47(2)37(43(69)56-32(20-27-22-51-24-53-27)44(70)60-17-7-11-35(60)42(68)57-33(45(71)72)19-25-8-4-3-5-9-25)59-40(66)31(18-26-12-14-28(61)15-13-26)55-41(67)34(23-73-74-47)58-39(65)30(10-6-16-52-46(49)50)54-38(64)29(48)21-36(62)63/h3-5,8-9,12-15,22,24,29-35,37,61H,6-7,10-11,16-21,23,48H2,1-2H3,(H,51,53)(H,54,64)(H,55,67)(H,56,69)(H,57,68)(H,58,65)(H,59,66)(H,62,63)(H,71,72)(H4,49,50,52)/t29-,30-,31-,32-,33-,34-,35-,37+/m0/s1. The largest absolute Gasteiger partial charge is 0.508 e. The molecule has 25 nitrogen and oxygen atoms in total. The van der Waals surface area contributed by atoms with Crippen molar-refractivity contribution in [2.45, 2.75) is 118 Å². The molecular weight excluding hydrogens is 1000 g/mol. The Balaban J connectivity index is 1.41. The predicted molar refractivity (Wildman–Crippen MR) is 272 cm³/mol. The summed E-state index contributed by atoms with van der Waals surface area (Å²) in [5, 5.41) is 45.1. The topological polar surface area (TPSA) is 409 Å². The van der Waals surface area contributed by atoms with E-state index >= 15 is 0 Å². The average Bonchev–Trinajstić information content (AvgIpc) is 4.06. The number of imidazole rings is 1. The number of benzene rings is 2. The summed E-state index contributed by atoms with van der Waals surface area (Å²) in [6.45, 7) is 3.46.